The number of nitrogens with zero attached hydrogens (tertiary/aromatic N) is 6. The highest BCUT2D eigenvalue weighted by molar-refractivity contribution is 5.93. The number of carbonyl (C=O) groups excluding carboxylic acids is 1. The third kappa shape index (κ3) is 2.88. The van der Waals surface area contributed by atoms with Crippen LogP contribution in [0, 0.1) is 0 Å². The summed E-state index contributed by atoms with van der Waals surface area (Å²) in [7, 11) is 0. The summed E-state index contributed by atoms with van der Waals surface area (Å²) >= 11 is 0. The van der Waals surface area contributed by atoms with E-state index in [1.165, 1.54) is 9.58 Å². The van der Waals surface area contributed by atoms with E-state index in [2.05, 4.69) is 15.4 Å². The minimum Gasteiger partial charge on any atom is -0.390 e. The fraction of sp³-hybridized carbons (Fsp3) is 0.571. The Morgan fingerprint density at radius 3 is 2.56 bits per heavy atom. The molecule has 1 aliphatic carbocycles. The standard InChI is InChI=1S/C14H15F3N6O2/c15-14(16,17)12-3-11(23(19-12)9-1-2-9)13(25)21-5-10(6-21)22-4-8(7-24)18-20-22/h3-4,9-10,24H,1-2,5-7H2. The first-order valence-electron chi connectivity index (χ1n) is 7.84. The van der Waals surface area contributed by atoms with Crippen LogP contribution in [0.3, 0.4) is 0 Å². The fourth-order valence-corrected chi connectivity index (χ4v) is 2.80. The number of halogens is 3. The van der Waals surface area contributed by atoms with E-state index in [9.17, 15) is 18.0 Å². The van der Waals surface area contributed by atoms with Gasteiger partial charge in [-0.25, -0.2) is 4.68 Å². The zero-order valence-electron chi connectivity index (χ0n) is 13.0. The molecule has 0 atom stereocenters. The predicted octanol–water partition coefficient (Wildman–Crippen LogP) is 1.02. The average Bonchev–Trinajstić information content (AvgIpc) is 3.08. The van der Waals surface area contributed by atoms with Crippen LogP contribution >= 0.6 is 0 Å². The van der Waals surface area contributed by atoms with Crippen LogP contribution in [0.25, 0.3) is 0 Å². The zero-order valence-corrected chi connectivity index (χ0v) is 13.0. The number of aliphatic hydroxyl groups is 1. The van der Waals surface area contributed by atoms with Gasteiger partial charge in [-0.1, -0.05) is 5.21 Å². The fourth-order valence-electron chi connectivity index (χ4n) is 2.80. The maximum atomic E-state index is 12.9. The molecule has 1 N–H and O–H groups in total. The number of amides is 1. The van der Waals surface area contributed by atoms with Crippen LogP contribution < -0.4 is 0 Å². The molecule has 134 valence electrons. The van der Waals surface area contributed by atoms with Crippen molar-refractivity contribution >= 4 is 5.91 Å². The number of hydrogen-bond acceptors (Lipinski definition) is 5. The van der Waals surface area contributed by atoms with Gasteiger partial charge >= 0.3 is 6.18 Å². The summed E-state index contributed by atoms with van der Waals surface area (Å²) in [6.45, 7) is 0.421. The summed E-state index contributed by atoms with van der Waals surface area (Å²) in [5, 5.41) is 20.2. The molecule has 0 spiro atoms. The van der Waals surface area contributed by atoms with Crippen molar-refractivity contribution in [2.45, 2.75) is 37.7 Å². The maximum Gasteiger partial charge on any atom is 0.435 e. The summed E-state index contributed by atoms with van der Waals surface area (Å²) in [5.74, 6) is -0.464. The SMILES string of the molecule is O=C(c1cc(C(F)(F)F)nn1C1CC1)N1CC(n2cc(CO)nn2)C1. The molecular formula is C14H15F3N6O2. The van der Waals surface area contributed by atoms with Gasteiger partial charge in [-0.15, -0.1) is 5.10 Å². The number of alkyl halides is 3. The van der Waals surface area contributed by atoms with E-state index in [-0.39, 0.29) is 24.4 Å². The minimum absolute atomic E-state index is 0.0251. The minimum atomic E-state index is -4.58. The van der Waals surface area contributed by atoms with Gasteiger partial charge < -0.3 is 10.0 Å². The highest BCUT2D eigenvalue weighted by Gasteiger charge is 2.41. The van der Waals surface area contributed by atoms with E-state index in [0.717, 1.165) is 18.9 Å². The first kappa shape index (κ1) is 16.1. The normalized spacial score (nSPS) is 18.5. The summed E-state index contributed by atoms with van der Waals surface area (Å²) < 4.78 is 41.5. The Morgan fingerprint density at radius 2 is 2.00 bits per heavy atom. The molecule has 11 heteroatoms. The topological polar surface area (TPSA) is 89.1 Å². The Labute approximate surface area is 139 Å². The Balaban J connectivity index is 1.49. The number of hydrogen-bond donors (Lipinski definition) is 1. The van der Waals surface area contributed by atoms with Crippen LogP contribution in [-0.2, 0) is 12.8 Å². The Kier molecular flexibility index (Phi) is 3.56. The predicted molar refractivity (Wildman–Crippen MR) is 76.4 cm³/mol. The summed E-state index contributed by atoms with van der Waals surface area (Å²) in [6, 6.07) is 0.596. The molecule has 0 aromatic carbocycles. The van der Waals surface area contributed by atoms with Gasteiger partial charge in [-0.05, 0) is 12.8 Å². The Bertz CT molecular complexity index is 804. The quantitative estimate of drug-likeness (QED) is 0.883. The lowest BCUT2D eigenvalue weighted by molar-refractivity contribution is -0.141. The second-order valence-corrected chi connectivity index (χ2v) is 6.30. The Morgan fingerprint density at radius 1 is 1.28 bits per heavy atom. The lowest BCUT2D eigenvalue weighted by atomic mass is 10.1. The van der Waals surface area contributed by atoms with Crippen LogP contribution in [0.5, 0.6) is 0 Å². The van der Waals surface area contributed by atoms with Gasteiger partial charge in [0.1, 0.15) is 11.4 Å². The van der Waals surface area contributed by atoms with Crippen LogP contribution in [-0.4, -0.2) is 53.8 Å². The number of aromatic nitrogens is 5. The molecule has 25 heavy (non-hydrogen) atoms. The summed E-state index contributed by atoms with van der Waals surface area (Å²) in [5.41, 5.74) is -0.641. The van der Waals surface area contributed by atoms with E-state index in [4.69, 9.17) is 5.11 Å². The van der Waals surface area contributed by atoms with Crippen LogP contribution in [0.1, 0.15) is 46.8 Å². The largest absolute Gasteiger partial charge is 0.435 e. The number of rotatable bonds is 4. The molecule has 0 radical (unpaired) electrons. The second kappa shape index (κ2) is 5.55. The lowest BCUT2D eigenvalue weighted by Gasteiger charge is -2.38. The van der Waals surface area contributed by atoms with Crippen molar-refractivity contribution in [2.24, 2.45) is 0 Å². The van der Waals surface area contributed by atoms with Gasteiger partial charge in [-0.2, -0.15) is 18.3 Å². The highest BCUT2D eigenvalue weighted by Crippen LogP contribution is 2.38. The van der Waals surface area contributed by atoms with E-state index in [0.29, 0.717) is 18.8 Å². The van der Waals surface area contributed by atoms with Gasteiger partial charge in [0.25, 0.3) is 5.91 Å². The average molecular weight is 356 g/mol. The third-order valence-corrected chi connectivity index (χ3v) is 4.38. The maximum absolute atomic E-state index is 12.9. The van der Waals surface area contributed by atoms with Crippen LogP contribution in [0.15, 0.2) is 12.3 Å². The van der Waals surface area contributed by atoms with Crippen molar-refractivity contribution in [3.8, 4) is 0 Å². The second-order valence-electron chi connectivity index (χ2n) is 6.30. The van der Waals surface area contributed by atoms with Gasteiger partial charge in [0.05, 0.1) is 24.9 Å². The monoisotopic (exact) mass is 356 g/mol. The molecule has 4 rings (SSSR count). The molecule has 2 fully saturated rings. The van der Waals surface area contributed by atoms with Crippen molar-refractivity contribution in [1.29, 1.82) is 0 Å². The van der Waals surface area contributed by atoms with Gasteiger partial charge in [-0.3, -0.25) is 9.48 Å². The van der Waals surface area contributed by atoms with Crippen LogP contribution in [0.2, 0.25) is 0 Å². The number of likely N-dealkylation sites (tertiary alicyclic amines) is 1. The highest BCUT2D eigenvalue weighted by atomic mass is 19.4. The third-order valence-electron chi connectivity index (χ3n) is 4.38. The molecule has 1 saturated heterocycles. The number of carbonyl (C=O) groups is 1. The molecule has 1 amide bonds. The van der Waals surface area contributed by atoms with E-state index in [1.54, 1.807) is 10.9 Å². The van der Waals surface area contributed by atoms with Crippen LogP contribution in [0.4, 0.5) is 13.2 Å². The molecule has 2 aliphatic rings. The van der Waals surface area contributed by atoms with Crippen molar-refractivity contribution in [3.05, 3.63) is 29.3 Å². The van der Waals surface area contributed by atoms with Gasteiger partial charge in [0, 0.05) is 19.2 Å². The summed E-state index contributed by atoms with van der Waals surface area (Å²) in [6.07, 6.45) is -1.54. The van der Waals surface area contributed by atoms with Crippen molar-refractivity contribution in [2.75, 3.05) is 13.1 Å². The van der Waals surface area contributed by atoms with Crippen molar-refractivity contribution in [1.82, 2.24) is 29.7 Å². The molecule has 0 bridgehead atoms. The molecule has 3 heterocycles. The van der Waals surface area contributed by atoms with Gasteiger partial charge in [0.2, 0.25) is 0 Å². The van der Waals surface area contributed by atoms with E-state index < -0.39 is 17.8 Å². The molecule has 1 aliphatic heterocycles. The van der Waals surface area contributed by atoms with E-state index >= 15 is 0 Å². The first-order valence-corrected chi connectivity index (χ1v) is 7.84. The molecular weight excluding hydrogens is 341 g/mol. The molecule has 1 saturated carbocycles. The van der Waals surface area contributed by atoms with Gasteiger partial charge in [0.15, 0.2) is 5.69 Å². The van der Waals surface area contributed by atoms with Crippen molar-refractivity contribution in [3.63, 3.8) is 0 Å². The number of aliphatic hydroxyl groups excluding tert-OH is 1. The van der Waals surface area contributed by atoms with Crippen molar-refractivity contribution < 1.29 is 23.1 Å². The van der Waals surface area contributed by atoms with E-state index in [1.807, 2.05) is 0 Å². The Hall–Kier alpha value is -2.43. The molecule has 8 nitrogen and oxygen atoms in total. The lowest BCUT2D eigenvalue weighted by Crippen LogP contribution is -2.51. The zero-order chi connectivity index (χ0) is 17.8. The first-order chi connectivity index (χ1) is 11.9. The smallest absolute Gasteiger partial charge is 0.390 e. The molecule has 2 aromatic heterocycles. The molecule has 0 unspecified atom stereocenters. The molecule has 2 aromatic rings. The summed E-state index contributed by atoms with van der Waals surface area (Å²) in [4.78, 5) is 14.0.